The van der Waals surface area contributed by atoms with E-state index in [2.05, 4.69) is 62.6 Å². The number of aliphatic imine (C=N–C) groups is 1. The number of amides is 2. The molecule has 0 spiro atoms. The van der Waals surface area contributed by atoms with Crippen LogP contribution < -0.4 is 15.5 Å². The second-order valence-corrected chi connectivity index (χ2v) is 9.34. The van der Waals surface area contributed by atoms with E-state index >= 15 is 0 Å². The molecule has 3 atom stereocenters. The quantitative estimate of drug-likeness (QED) is 0.468. The van der Waals surface area contributed by atoms with E-state index in [1.165, 1.54) is 0 Å². The molecule has 0 saturated heterocycles. The molecule has 6 nitrogen and oxygen atoms in total. The molecule has 0 aromatic heterocycles. The maximum Gasteiger partial charge on any atom is 0.251 e. The molecule has 2 aromatic carbocycles. The molecule has 0 aliphatic carbocycles. The first-order chi connectivity index (χ1) is 16.7. The molecule has 2 amide bonds. The minimum atomic E-state index is -0.143. The lowest BCUT2D eigenvalue weighted by Crippen LogP contribution is -2.43. The molecule has 1 aliphatic rings. The van der Waals surface area contributed by atoms with Gasteiger partial charge in [-0.05, 0) is 81.0 Å². The first kappa shape index (κ1) is 26.2. The van der Waals surface area contributed by atoms with Gasteiger partial charge in [0.05, 0.1) is 11.7 Å². The highest BCUT2D eigenvalue weighted by molar-refractivity contribution is 5.97. The van der Waals surface area contributed by atoms with Crippen molar-refractivity contribution in [2.45, 2.75) is 66.5 Å². The molecular formula is C29H38N4O2. The summed E-state index contributed by atoms with van der Waals surface area (Å²) in [4.78, 5) is 31.4. The Morgan fingerprint density at radius 2 is 1.80 bits per heavy atom. The number of fused-ring (bicyclic) bond motifs is 1. The van der Waals surface area contributed by atoms with Gasteiger partial charge in [-0.3, -0.25) is 14.6 Å². The number of allylic oxidation sites excluding steroid dienone is 1. The molecule has 1 aliphatic heterocycles. The van der Waals surface area contributed by atoms with Crippen LogP contribution in [-0.4, -0.2) is 30.6 Å². The molecule has 3 rings (SSSR count). The highest BCUT2D eigenvalue weighted by Crippen LogP contribution is 2.39. The number of hydrogen-bond acceptors (Lipinski definition) is 4. The van der Waals surface area contributed by atoms with Crippen LogP contribution in [0, 0.1) is 5.92 Å². The van der Waals surface area contributed by atoms with Crippen LogP contribution in [0.15, 0.2) is 53.5 Å². The highest BCUT2D eigenvalue weighted by Gasteiger charge is 2.33. The summed E-state index contributed by atoms with van der Waals surface area (Å²) in [6.07, 6.45) is 3.85. The summed E-state index contributed by atoms with van der Waals surface area (Å²) in [5, 5.41) is 6.32. The lowest BCUT2D eigenvalue weighted by molar-refractivity contribution is -0.117. The van der Waals surface area contributed by atoms with Gasteiger partial charge in [0.2, 0.25) is 5.91 Å². The summed E-state index contributed by atoms with van der Waals surface area (Å²) in [6, 6.07) is 13.9. The third-order valence-corrected chi connectivity index (χ3v) is 6.93. The van der Waals surface area contributed by atoms with Crippen LogP contribution in [-0.2, 0) is 4.79 Å². The minimum Gasteiger partial charge on any atom is -0.378 e. The molecule has 6 heteroatoms. The van der Waals surface area contributed by atoms with Crippen LogP contribution in [0.1, 0.15) is 81.9 Å². The maximum absolute atomic E-state index is 12.4. The minimum absolute atomic E-state index is 0.00127. The Bertz CT molecular complexity index is 1130. The van der Waals surface area contributed by atoms with E-state index in [4.69, 9.17) is 4.99 Å². The second-order valence-electron chi connectivity index (χ2n) is 9.34. The predicted molar refractivity (Wildman–Crippen MR) is 146 cm³/mol. The molecule has 0 radical (unpaired) electrons. The zero-order valence-electron chi connectivity index (χ0n) is 22.0. The number of carbonyl (C=O) groups excluding carboxylic acids is 2. The average Bonchev–Trinajstić information content (AvgIpc) is 2.86. The lowest BCUT2D eigenvalue weighted by Gasteiger charge is -2.39. The van der Waals surface area contributed by atoms with Crippen molar-refractivity contribution in [1.29, 1.82) is 0 Å². The molecule has 0 bridgehead atoms. The predicted octanol–water partition coefficient (Wildman–Crippen LogP) is 6.21. The molecular weight excluding hydrogens is 436 g/mol. The van der Waals surface area contributed by atoms with Crippen LogP contribution in [0.5, 0.6) is 0 Å². The van der Waals surface area contributed by atoms with E-state index in [1.54, 1.807) is 20.0 Å². The summed E-state index contributed by atoms with van der Waals surface area (Å²) >= 11 is 0. The molecule has 1 heterocycles. The molecule has 2 aromatic rings. The van der Waals surface area contributed by atoms with E-state index in [-0.39, 0.29) is 23.9 Å². The number of rotatable bonds is 7. The Morgan fingerprint density at radius 1 is 1.14 bits per heavy atom. The van der Waals surface area contributed by atoms with Gasteiger partial charge in [0.1, 0.15) is 0 Å². The Balaban J connectivity index is 1.90. The second kappa shape index (κ2) is 11.3. The van der Waals surface area contributed by atoms with E-state index in [1.807, 2.05) is 30.0 Å². The third kappa shape index (κ3) is 5.81. The molecule has 0 saturated carbocycles. The van der Waals surface area contributed by atoms with Gasteiger partial charge in [-0.25, -0.2) is 0 Å². The van der Waals surface area contributed by atoms with Crippen molar-refractivity contribution in [1.82, 2.24) is 5.32 Å². The highest BCUT2D eigenvalue weighted by atomic mass is 16.2. The van der Waals surface area contributed by atoms with Crippen molar-refractivity contribution >= 4 is 34.6 Å². The number of nitrogens with one attached hydrogen (secondary N) is 2. The Kier molecular flexibility index (Phi) is 8.49. The number of hydrogen-bond donors (Lipinski definition) is 2. The van der Waals surface area contributed by atoms with E-state index in [0.29, 0.717) is 11.5 Å². The lowest BCUT2D eigenvalue weighted by atomic mass is 9.90. The van der Waals surface area contributed by atoms with Gasteiger partial charge in [-0.15, -0.1) is 0 Å². The standard InChI is InChI=1S/C29H38N4O2/c1-8-18(3)20(5)31-26(9-2)22-10-13-24(14-11-22)32-27-16-19(4)33(21(6)34)28-15-12-23(17-25(27)28)29(35)30-7/h9-15,17-19,27,32H,8,16H2,1-7H3,(H,30,35)/b26-9-,31-20?. The zero-order valence-corrected chi connectivity index (χ0v) is 22.0. The first-order valence-electron chi connectivity index (χ1n) is 12.4. The van der Waals surface area contributed by atoms with Crippen LogP contribution in [0.3, 0.4) is 0 Å². The van der Waals surface area contributed by atoms with E-state index in [9.17, 15) is 9.59 Å². The van der Waals surface area contributed by atoms with E-state index in [0.717, 1.165) is 46.8 Å². The van der Waals surface area contributed by atoms with Crippen molar-refractivity contribution in [3.05, 3.63) is 65.2 Å². The summed E-state index contributed by atoms with van der Waals surface area (Å²) in [6.45, 7) is 12.1. The van der Waals surface area contributed by atoms with Crippen LogP contribution >= 0.6 is 0 Å². The average molecular weight is 475 g/mol. The molecule has 2 N–H and O–H groups in total. The Morgan fingerprint density at radius 3 is 2.37 bits per heavy atom. The van der Waals surface area contributed by atoms with Gasteiger partial charge in [-0.2, -0.15) is 0 Å². The van der Waals surface area contributed by atoms with Crippen molar-refractivity contribution < 1.29 is 9.59 Å². The largest absolute Gasteiger partial charge is 0.378 e. The Labute approximate surface area is 209 Å². The summed E-state index contributed by atoms with van der Waals surface area (Å²) in [7, 11) is 1.62. The van der Waals surface area contributed by atoms with Gasteiger partial charge in [0.25, 0.3) is 5.91 Å². The number of anilines is 2. The van der Waals surface area contributed by atoms with Gasteiger partial charge >= 0.3 is 0 Å². The normalized spacial score (nSPS) is 19.1. The first-order valence-corrected chi connectivity index (χ1v) is 12.4. The maximum atomic E-state index is 12.4. The van der Waals surface area contributed by atoms with Crippen LogP contribution in [0.25, 0.3) is 5.70 Å². The van der Waals surface area contributed by atoms with Crippen LogP contribution in [0.2, 0.25) is 0 Å². The SMILES string of the molecule is C/C=C(\N=C(C)C(C)CC)c1ccc(NC2CC(C)N(C(C)=O)c3ccc(C(=O)NC)cc32)cc1. The van der Waals surface area contributed by atoms with Gasteiger partial charge in [0, 0.05) is 42.7 Å². The van der Waals surface area contributed by atoms with Gasteiger partial charge in [0.15, 0.2) is 0 Å². The molecule has 35 heavy (non-hydrogen) atoms. The molecule has 3 unspecified atom stereocenters. The monoisotopic (exact) mass is 474 g/mol. The summed E-state index contributed by atoms with van der Waals surface area (Å²) < 4.78 is 0. The molecule has 186 valence electrons. The number of nitrogens with zero attached hydrogens (tertiary/aromatic N) is 2. The van der Waals surface area contributed by atoms with Crippen molar-refractivity contribution in [3.8, 4) is 0 Å². The fourth-order valence-corrected chi connectivity index (χ4v) is 4.60. The van der Waals surface area contributed by atoms with Gasteiger partial charge < -0.3 is 15.5 Å². The smallest absolute Gasteiger partial charge is 0.251 e. The fourth-order valence-electron chi connectivity index (χ4n) is 4.60. The summed E-state index contributed by atoms with van der Waals surface area (Å²) in [5.41, 5.74) is 6.55. The summed E-state index contributed by atoms with van der Waals surface area (Å²) in [5.74, 6) is 0.311. The molecule has 0 fully saturated rings. The number of carbonyl (C=O) groups is 2. The topological polar surface area (TPSA) is 73.8 Å². The zero-order chi connectivity index (χ0) is 25.7. The fraction of sp³-hybridized carbons (Fsp3) is 0.414. The van der Waals surface area contributed by atoms with Gasteiger partial charge in [-0.1, -0.05) is 32.1 Å². The third-order valence-electron chi connectivity index (χ3n) is 6.93. The van der Waals surface area contributed by atoms with Crippen molar-refractivity contribution in [3.63, 3.8) is 0 Å². The number of benzene rings is 2. The van der Waals surface area contributed by atoms with Crippen molar-refractivity contribution in [2.24, 2.45) is 10.9 Å². The van der Waals surface area contributed by atoms with Crippen molar-refractivity contribution in [2.75, 3.05) is 17.3 Å². The van der Waals surface area contributed by atoms with E-state index < -0.39 is 0 Å². The Hall–Kier alpha value is -3.41. The van der Waals surface area contributed by atoms with Crippen LogP contribution in [0.4, 0.5) is 11.4 Å².